The molecule has 2 aromatic rings. The first-order chi connectivity index (χ1) is 25.1. The smallest absolute Gasteiger partial charge is 0.360 e. The second kappa shape index (κ2) is 17.3. The van der Waals surface area contributed by atoms with E-state index in [9.17, 15) is 33.6 Å². The van der Waals surface area contributed by atoms with Crippen molar-refractivity contribution >= 4 is 56.4 Å². The van der Waals surface area contributed by atoms with Crippen molar-refractivity contribution in [2.24, 2.45) is 16.3 Å². The third-order valence-corrected chi connectivity index (χ3v) is 11.7. The summed E-state index contributed by atoms with van der Waals surface area (Å²) in [7, 11) is -4.57. The minimum atomic E-state index is -4.57. The van der Waals surface area contributed by atoms with E-state index in [0.717, 1.165) is 44.2 Å². The Morgan fingerprint density at radius 3 is 2.19 bits per heavy atom. The van der Waals surface area contributed by atoms with Gasteiger partial charge in [0, 0.05) is 36.1 Å². The molecule has 2 aliphatic rings. The third-order valence-electron chi connectivity index (χ3n) is 9.62. The number of hydrogen-bond donors (Lipinski definition) is 5. The van der Waals surface area contributed by atoms with Crippen LogP contribution >= 0.6 is 22.2 Å². The van der Waals surface area contributed by atoms with Crippen molar-refractivity contribution in [1.82, 2.24) is 15.8 Å². The summed E-state index contributed by atoms with van der Waals surface area (Å²) in [6.45, 7) is 11.2. The highest BCUT2D eigenvalue weighted by Crippen LogP contribution is 2.54. The van der Waals surface area contributed by atoms with E-state index in [0.29, 0.717) is 36.5 Å². The number of piperidine rings is 1. The fourth-order valence-electron chi connectivity index (χ4n) is 7.02. The van der Waals surface area contributed by atoms with E-state index in [4.69, 9.17) is 21.7 Å². The monoisotopic (exact) mass is 788 g/mol. The molecule has 0 bridgehead atoms. The lowest BCUT2D eigenvalue weighted by Crippen LogP contribution is -2.59. The summed E-state index contributed by atoms with van der Waals surface area (Å²) in [6, 6.07) is 9.90. The van der Waals surface area contributed by atoms with Crippen molar-refractivity contribution < 1.29 is 33.1 Å². The van der Waals surface area contributed by atoms with Crippen LogP contribution in [-0.2, 0) is 25.5 Å². The van der Waals surface area contributed by atoms with E-state index in [2.05, 4.69) is 15.7 Å². The molecule has 0 aromatic heterocycles. The lowest BCUT2D eigenvalue weighted by molar-refractivity contribution is -0.387. The molecule has 1 aliphatic heterocycles. The molecular formula is C38H53ClN6O8S. The third kappa shape index (κ3) is 10.9. The Morgan fingerprint density at radius 2 is 1.63 bits per heavy atom. The number of nitrogens with zero attached hydrogens (tertiary/aromatic N) is 3. The van der Waals surface area contributed by atoms with E-state index >= 15 is 0 Å². The number of carbonyl (C=O) groups is 3. The molecule has 54 heavy (non-hydrogen) atoms. The quantitative estimate of drug-likeness (QED) is 0.0507. The molecule has 2 amide bonds. The summed E-state index contributed by atoms with van der Waals surface area (Å²) >= 11 is 6.12. The van der Waals surface area contributed by atoms with Crippen molar-refractivity contribution in [1.29, 1.82) is 5.41 Å². The first kappa shape index (κ1) is 42.8. The highest BCUT2D eigenvalue weighted by Gasteiger charge is 2.48. The molecular weight excluding hydrogens is 736 g/mol. The molecule has 1 saturated heterocycles. The standard InChI is InChI=1S/C38H53ClN6O8S/c1-36(2,3)42-35(48)38(26-12-8-7-9-13-26)20-22-44(23-21-38)43-32(46)28(24-25-16-18-27(39)19-17-25)41-33(31(40)34(47)53-37(4,5)6)54(51,52)30-15-11-10-14-29(30)45(49)50/h10-11,14-19,26,28,40,51-52H,7-9,12-13,20-24H2,1-6H3,(H,42,48)(H,43,46). The number of rotatable bonds is 11. The van der Waals surface area contributed by atoms with Crippen molar-refractivity contribution in [2.45, 2.75) is 115 Å². The molecule has 1 saturated carbocycles. The van der Waals surface area contributed by atoms with Gasteiger partial charge in [-0.1, -0.05) is 55.1 Å². The van der Waals surface area contributed by atoms with Gasteiger partial charge in [-0.2, -0.15) is 0 Å². The van der Waals surface area contributed by atoms with Crippen molar-refractivity contribution in [3.05, 3.63) is 69.2 Å². The second-order valence-corrected chi connectivity index (χ2v) is 18.5. The lowest BCUT2D eigenvalue weighted by atomic mass is 9.63. The van der Waals surface area contributed by atoms with Gasteiger partial charge in [0.15, 0.2) is 10.8 Å². The average Bonchev–Trinajstić information content (AvgIpc) is 3.09. The number of aliphatic imine (C=N–C) groups is 1. The number of esters is 1. The number of halogens is 1. The molecule has 1 aliphatic carbocycles. The molecule has 4 rings (SSSR count). The van der Waals surface area contributed by atoms with Gasteiger partial charge >= 0.3 is 5.97 Å². The van der Waals surface area contributed by atoms with Crippen molar-refractivity contribution in [2.75, 3.05) is 13.1 Å². The predicted molar refractivity (Wildman–Crippen MR) is 210 cm³/mol. The molecule has 0 spiro atoms. The van der Waals surface area contributed by atoms with E-state index in [1.54, 1.807) is 50.0 Å². The topological polar surface area (TPSA) is 208 Å². The Bertz CT molecular complexity index is 1740. The summed E-state index contributed by atoms with van der Waals surface area (Å²) < 4.78 is 28.8. The van der Waals surface area contributed by atoms with E-state index in [1.807, 2.05) is 20.8 Å². The molecule has 2 fully saturated rings. The summed E-state index contributed by atoms with van der Waals surface area (Å²) in [5.74, 6) is -1.73. The molecule has 2 aromatic carbocycles. The normalized spacial score (nSPS) is 18.3. The minimum absolute atomic E-state index is 0.0172. The van der Waals surface area contributed by atoms with Crippen molar-refractivity contribution in [3.8, 4) is 0 Å². The molecule has 1 heterocycles. The van der Waals surface area contributed by atoms with Gasteiger partial charge in [0.25, 0.3) is 11.6 Å². The first-order valence-electron chi connectivity index (χ1n) is 18.2. The molecule has 5 N–H and O–H groups in total. The van der Waals surface area contributed by atoms with Crippen LogP contribution in [0.5, 0.6) is 0 Å². The highest BCUT2D eigenvalue weighted by molar-refractivity contribution is 8.38. The molecule has 1 unspecified atom stereocenters. The number of hydrogen-bond acceptors (Lipinski definition) is 11. The maximum atomic E-state index is 14.2. The van der Waals surface area contributed by atoms with E-state index < -0.39 is 71.3 Å². The van der Waals surface area contributed by atoms with Gasteiger partial charge < -0.3 is 10.1 Å². The number of carbonyl (C=O) groups excluding carboxylic acids is 3. The maximum absolute atomic E-state index is 14.2. The SMILES string of the molecule is CC(C)(C)NC(=O)C1(C2CCCCC2)CCN(NC(=O)C(Cc2ccc(Cl)cc2)N=C(C(=N)C(=O)OC(C)(C)C)S(O)(O)c2ccccc2[N+](=O)[O-])CC1. The zero-order chi connectivity index (χ0) is 40.1. The predicted octanol–water partition coefficient (Wildman–Crippen LogP) is 7.34. The van der Waals surface area contributed by atoms with Crippen LogP contribution in [0.4, 0.5) is 5.69 Å². The maximum Gasteiger partial charge on any atom is 0.360 e. The number of ether oxygens (including phenoxy) is 1. The van der Waals surface area contributed by atoms with Crippen LogP contribution in [0, 0.1) is 26.9 Å². The summed E-state index contributed by atoms with van der Waals surface area (Å²) in [5.41, 5.74) is -0.402. The lowest BCUT2D eigenvalue weighted by Gasteiger charge is -2.47. The van der Waals surface area contributed by atoms with Crippen LogP contribution in [0.3, 0.4) is 0 Å². The largest absolute Gasteiger partial charge is 0.455 e. The van der Waals surface area contributed by atoms with Gasteiger partial charge in [-0.15, -0.1) is 10.6 Å². The summed E-state index contributed by atoms with van der Waals surface area (Å²) in [5, 5.41) is 25.2. The Balaban J connectivity index is 1.73. The number of amides is 2. The van der Waals surface area contributed by atoms with Crippen LogP contribution in [-0.4, -0.2) is 77.8 Å². The summed E-state index contributed by atoms with van der Waals surface area (Å²) in [4.78, 5) is 56.4. The number of nitrogens with one attached hydrogen (secondary N) is 3. The number of benzene rings is 2. The number of hydrazine groups is 1. The Hall–Kier alpha value is -3.89. The van der Waals surface area contributed by atoms with Crippen molar-refractivity contribution in [3.63, 3.8) is 0 Å². The Kier molecular flexibility index (Phi) is 13.7. The van der Waals surface area contributed by atoms with Crippen LogP contribution in [0.25, 0.3) is 0 Å². The molecule has 16 heteroatoms. The van der Waals surface area contributed by atoms with E-state index in [-0.39, 0.29) is 18.2 Å². The molecule has 296 valence electrons. The minimum Gasteiger partial charge on any atom is -0.455 e. The first-order valence-corrected chi connectivity index (χ1v) is 20.1. The Labute approximate surface area is 323 Å². The van der Waals surface area contributed by atoms with Crippen LogP contribution < -0.4 is 10.7 Å². The molecule has 1 atom stereocenters. The van der Waals surface area contributed by atoms with Crippen LogP contribution in [0.2, 0.25) is 5.02 Å². The number of para-hydroxylation sites is 1. The number of nitro groups is 1. The summed E-state index contributed by atoms with van der Waals surface area (Å²) in [6.07, 6.45) is 6.04. The fraction of sp³-hybridized carbons (Fsp3) is 0.553. The fourth-order valence-corrected chi connectivity index (χ4v) is 8.70. The Morgan fingerprint density at radius 1 is 1.04 bits per heavy atom. The average molecular weight is 789 g/mol. The number of nitro benzene ring substituents is 1. The van der Waals surface area contributed by atoms with E-state index in [1.165, 1.54) is 12.1 Å². The molecule has 14 nitrogen and oxygen atoms in total. The van der Waals surface area contributed by atoms with Gasteiger partial charge in [0.1, 0.15) is 16.5 Å². The van der Waals surface area contributed by atoms with Gasteiger partial charge in [0.2, 0.25) is 5.91 Å². The molecule has 0 radical (unpaired) electrons. The zero-order valence-corrected chi connectivity index (χ0v) is 33.4. The van der Waals surface area contributed by atoms with Crippen LogP contribution in [0.15, 0.2) is 58.4 Å². The van der Waals surface area contributed by atoms with Gasteiger partial charge in [0.05, 0.1) is 10.3 Å². The zero-order valence-electron chi connectivity index (χ0n) is 31.8. The highest BCUT2D eigenvalue weighted by atomic mass is 35.5. The van der Waals surface area contributed by atoms with Gasteiger partial charge in [-0.05, 0) is 96.9 Å². The van der Waals surface area contributed by atoms with Gasteiger partial charge in [-0.3, -0.25) is 44.6 Å². The second-order valence-electron chi connectivity index (χ2n) is 16.1. The van der Waals surface area contributed by atoms with Gasteiger partial charge in [-0.25, -0.2) is 9.80 Å². The van der Waals surface area contributed by atoms with Crippen LogP contribution in [0.1, 0.15) is 92.1 Å².